The van der Waals surface area contributed by atoms with Crippen molar-refractivity contribution >= 4 is 35.0 Å². The lowest BCUT2D eigenvalue weighted by molar-refractivity contribution is -0.104. The van der Waals surface area contributed by atoms with E-state index in [0.29, 0.717) is 16.0 Å². The van der Waals surface area contributed by atoms with Crippen molar-refractivity contribution in [1.82, 2.24) is 0 Å². The number of benzene rings is 1. The van der Waals surface area contributed by atoms with Gasteiger partial charge >= 0.3 is 5.51 Å². The summed E-state index contributed by atoms with van der Waals surface area (Å²) < 4.78 is 37.8. The highest BCUT2D eigenvalue weighted by molar-refractivity contribution is 8.04. The van der Waals surface area contributed by atoms with Crippen LogP contribution in [0.25, 0.3) is 5.57 Å². The number of carbonyl (C=O) groups is 1. The zero-order chi connectivity index (χ0) is 14.6. The lowest BCUT2D eigenvalue weighted by atomic mass is 10.0. The van der Waals surface area contributed by atoms with Gasteiger partial charge < -0.3 is 0 Å². The lowest BCUT2D eigenvalue weighted by Gasteiger charge is -2.11. The summed E-state index contributed by atoms with van der Waals surface area (Å²) in [5, 5.41) is 1.76. The summed E-state index contributed by atoms with van der Waals surface area (Å²) in [7, 11) is 0. The second-order valence-electron chi connectivity index (χ2n) is 3.75. The van der Waals surface area contributed by atoms with Crippen molar-refractivity contribution in [2.45, 2.75) is 5.51 Å². The number of thioether (sulfide) groups is 1. The minimum atomic E-state index is -4.49. The Labute approximate surface area is 122 Å². The van der Waals surface area contributed by atoms with Crippen molar-refractivity contribution in [1.29, 1.82) is 0 Å². The number of alkyl halides is 3. The third kappa shape index (κ3) is 3.74. The lowest BCUT2D eigenvalue weighted by Crippen LogP contribution is -2.03. The maximum atomic E-state index is 12.6. The molecule has 1 heterocycles. The molecule has 0 aliphatic heterocycles. The number of rotatable bonds is 4. The predicted octanol–water partition coefficient (Wildman–Crippen LogP) is 4.96. The first kappa shape index (κ1) is 14.9. The average Bonchev–Trinajstić information content (AvgIpc) is 2.91. The Kier molecular flexibility index (Phi) is 4.67. The first-order valence-corrected chi connectivity index (χ1v) is 7.25. The minimum Gasteiger partial charge on any atom is -0.297 e. The fraction of sp³-hybridized carbons (Fsp3) is 0.0714. The fourth-order valence-electron chi connectivity index (χ4n) is 1.69. The van der Waals surface area contributed by atoms with E-state index in [9.17, 15) is 18.0 Å². The van der Waals surface area contributed by atoms with Gasteiger partial charge in [-0.1, -0.05) is 36.4 Å². The molecule has 0 unspecified atom stereocenters. The van der Waals surface area contributed by atoms with E-state index in [1.165, 1.54) is 11.3 Å². The molecule has 0 amide bonds. The molecule has 6 heteroatoms. The fourth-order valence-corrected chi connectivity index (χ4v) is 3.19. The third-order valence-electron chi connectivity index (χ3n) is 2.41. The molecule has 0 radical (unpaired) electrons. The number of allylic oxidation sites excluding steroid dienone is 1. The quantitative estimate of drug-likeness (QED) is 0.586. The van der Waals surface area contributed by atoms with Gasteiger partial charge in [-0.3, -0.25) is 4.79 Å². The van der Waals surface area contributed by atoms with Crippen LogP contribution in [0.3, 0.4) is 0 Å². The van der Waals surface area contributed by atoms with Gasteiger partial charge in [0.1, 0.15) is 0 Å². The van der Waals surface area contributed by atoms with Gasteiger partial charge in [0, 0.05) is 10.5 Å². The molecule has 0 fully saturated rings. The van der Waals surface area contributed by atoms with Gasteiger partial charge in [0.05, 0.1) is 4.91 Å². The molecule has 2 aromatic rings. The van der Waals surface area contributed by atoms with Gasteiger partial charge in [-0.25, -0.2) is 0 Å². The zero-order valence-electron chi connectivity index (χ0n) is 10.1. The van der Waals surface area contributed by atoms with Gasteiger partial charge in [-0.05, 0) is 28.8 Å². The monoisotopic (exact) mass is 314 g/mol. The van der Waals surface area contributed by atoms with E-state index >= 15 is 0 Å². The molecule has 0 atom stereocenters. The number of aldehydes is 1. The standard InChI is InChI=1S/C14H9F3OS2/c15-14(16,17)20-12(9-18)13(11-7-4-8-19-11)10-5-2-1-3-6-10/h1-9H/b13-12-. The highest BCUT2D eigenvalue weighted by atomic mass is 32.2. The third-order valence-corrected chi connectivity index (χ3v) is 4.05. The van der Waals surface area contributed by atoms with E-state index in [0.717, 1.165) is 0 Å². The van der Waals surface area contributed by atoms with Crippen LogP contribution in [-0.4, -0.2) is 11.8 Å². The molecule has 1 aromatic carbocycles. The summed E-state index contributed by atoms with van der Waals surface area (Å²) in [6, 6.07) is 12.0. The van der Waals surface area contributed by atoms with Gasteiger partial charge in [0.25, 0.3) is 0 Å². The Morgan fingerprint density at radius 3 is 2.30 bits per heavy atom. The Morgan fingerprint density at radius 2 is 1.80 bits per heavy atom. The normalized spacial score (nSPS) is 12.9. The molecule has 104 valence electrons. The Hall–Kier alpha value is -1.53. The van der Waals surface area contributed by atoms with E-state index in [1.807, 2.05) is 0 Å². The summed E-state index contributed by atoms with van der Waals surface area (Å²) >= 11 is 0.919. The van der Waals surface area contributed by atoms with Crippen molar-refractivity contribution in [2.75, 3.05) is 0 Å². The van der Waals surface area contributed by atoms with Crippen molar-refractivity contribution in [2.24, 2.45) is 0 Å². The van der Waals surface area contributed by atoms with Crippen LogP contribution in [0.2, 0.25) is 0 Å². The molecule has 0 aliphatic carbocycles. The topological polar surface area (TPSA) is 17.1 Å². The van der Waals surface area contributed by atoms with Crippen molar-refractivity contribution in [3.63, 3.8) is 0 Å². The molecule has 20 heavy (non-hydrogen) atoms. The second kappa shape index (κ2) is 6.28. The van der Waals surface area contributed by atoms with Crippen LogP contribution in [0, 0.1) is 0 Å². The van der Waals surface area contributed by atoms with Gasteiger partial charge in [-0.15, -0.1) is 11.3 Å². The molecule has 2 rings (SSSR count). The van der Waals surface area contributed by atoms with Crippen LogP contribution < -0.4 is 0 Å². The van der Waals surface area contributed by atoms with Crippen molar-refractivity contribution < 1.29 is 18.0 Å². The molecule has 0 aliphatic rings. The van der Waals surface area contributed by atoms with E-state index in [-0.39, 0.29) is 23.0 Å². The van der Waals surface area contributed by atoms with Crippen LogP contribution in [0.5, 0.6) is 0 Å². The van der Waals surface area contributed by atoms with Crippen LogP contribution in [0.15, 0.2) is 52.7 Å². The van der Waals surface area contributed by atoms with Crippen LogP contribution >= 0.6 is 23.1 Å². The van der Waals surface area contributed by atoms with Crippen LogP contribution in [-0.2, 0) is 4.79 Å². The van der Waals surface area contributed by atoms with Crippen LogP contribution in [0.4, 0.5) is 13.2 Å². The highest BCUT2D eigenvalue weighted by Gasteiger charge is 2.32. The van der Waals surface area contributed by atoms with E-state index in [2.05, 4.69) is 0 Å². The van der Waals surface area contributed by atoms with Crippen molar-refractivity contribution in [3.05, 3.63) is 63.2 Å². The maximum Gasteiger partial charge on any atom is 0.446 e. The second-order valence-corrected chi connectivity index (χ2v) is 5.80. The maximum absolute atomic E-state index is 12.6. The number of thiophene rings is 1. The average molecular weight is 314 g/mol. The Bertz CT molecular complexity index is 601. The van der Waals surface area contributed by atoms with Crippen LogP contribution in [0.1, 0.15) is 10.4 Å². The highest BCUT2D eigenvalue weighted by Crippen LogP contribution is 2.41. The Balaban J connectivity index is 2.59. The molecule has 0 spiro atoms. The number of hydrogen-bond donors (Lipinski definition) is 0. The van der Waals surface area contributed by atoms with E-state index < -0.39 is 5.51 Å². The summed E-state index contributed by atoms with van der Waals surface area (Å²) in [5.74, 6) is 0. The summed E-state index contributed by atoms with van der Waals surface area (Å²) in [5.41, 5.74) is -3.58. The minimum absolute atomic E-state index is 0.264. The van der Waals surface area contributed by atoms with Gasteiger partial charge in [-0.2, -0.15) is 13.2 Å². The zero-order valence-corrected chi connectivity index (χ0v) is 11.7. The van der Waals surface area contributed by atoms with E-state index in [1.54, 1.807) is 47.8 Å². The van der Waals surface area contributed by atoms with E-state index in [4.69, 9.17) is 0 Å². The van der Waals surface area contributed by atoms with Gasteiger partial charge in [0.15, 0.2) is 6.29 Å². The molecular weight excluding hydrogens is 305 g/mol. The number of hydrogen-bond acceptors (Lipinski definition) is 3. The molecule has 0 saturated carbocycles. The SMILES string of the molecule is O=C/C(SC(F)(F)F)=C(\c1ccccc1)c1cccs1. The summed E-state index contributed by atoms with van der Waals surface area (Å²) in [6.45, 7) is 0. The summed E-state index contributed by atoms with van der Waals surface area (Å²) in [6.07, 6.45) is 0.264. The van der Waals surface area contributed by atoms with Gasteiger partial charge in [0.2, 0.25) is 0 Å². The smallest absolute Gasteiger partial charge is 0.297 e. The summed E-state index contributed by atoms with van der Waals surface area (Å²) in [4.78, 5) is 11.4. The molecular formula is C14H9F3OS2. The molecule has 0 saturated heterocycles. The largest absolute Gasteiger partial charge is 0.446 e. The molecule has 0 N–H and O–H groups in total. The predicted molar refractivity (Wildman–Crippen MR) is 76.5 cm³/mol. The molecule has 1 nitrogen and oxygen atoms in total. The molecule has 1 aromatic heterocycles. The Morgan fingerprint density at radius 1 is 1.10 bits per heavy atom. The first-order chi connectivity index (χ1) is 9.51. The molecule has 0 bridgehead atoms. The number of halogens is 3. The first-order valence-electron chi connectivity index (χ1n) is 5.56. The van der Waals surface area contributed by atoms with Crippen molar-refractivity contribution in [3.8, 4) is 0 Å². The number of carbonyl (C=O) groups excluding carboxylic acids is 1.